The minimum Gasteiger partial charge on any atom is -0.490 e. The Morgan fingerprint density at radius 1 is 1.14 bits per heavy atom. The summed E-state index contributed by atoms with van der Waals surface area (Å²) < 4.78 is 12.6. The zero-order valence-corrected chi connectivity index (χ0v) is 17.6. The highest BCUT2D eigenvalue weighted by molar-refractivity contribution is 9.10. The Balaban J connectivity index is 1.60. The van der Waals surface area contributed by atoms with Crippen LogP contribution in [0.5, 0.6) is 5.75 Å². The van der Waals surface area contributed by atoms with Crippen molar-refractivity contribution in [2.45, 2.75) is 38.2 Å². The van der Waals surface area contributed by atoms with Crippen LogP contribution in [0.25, 0.3) is 10.9 Å². The van der Waals surface area contributed by atoms with E-state index in [4.69, 9.17) is 9.47 Å². The van der Waals surface area contributed by atoms with Gasteiger partial charge in [0.05, 0.1) is 18.8 Å². The molecule has 0 unspecified atom stereocenters. The highest BCUT2D eigenvalue weighted by atomic mass is 79.9. The van der Waals surface area contributed by atoms with E-state index in [0.717, 1.165) is 69.6 Å². The number of hydrogen-bond donors (Lipinski definition) is 1. The summed E-state index contributed by atoms with van der Waals surface area (Å²) in [5, 5.41) is 0.976. The molecule has 5 heteroatoms. The molecule has 144 valence electrons. The molecule has 1 aromatic heterocycles. The van der Waals surface area contributed by atoms with Crippen molar-refractivity contribution >= 4 is 32.6 Å². The van der Waals surface area contributed by atoms with Crippen molar-refractivity contribution in [1.82, 2.24) is 4.98 Å². The van der Waals surface area contributed by atoms with E-state index in [0.29, 0.717) is 0 Å². The first-order valence-electron chi connectivity index (χ1n) is 9.70. The van der Waals surface area contributed by atoms with Gasteiger partial charge in [-0.2, -0.15) is 0 Å². The topological polar surface area (TPSA) is 51.3 Å². The number of nitrogens with one attached hydrogen (secondary N) is 1. The number of aromatic amines is 1. The number of benzene rings is 2. The summed E-state index contributed by atoms with van der Waals surface area (Å²) in [5.41, 5.74) is 4.20. The third-order valence-electron chi connectivity index (χ3n) is 5.99. The minimum absolute atomic E-state index is 0.0792. The van der Waals surface area contributed by atoms with Gasteiger partial charge in [-0.3, -0.25) is 4.79 Å². The van der Waals surface area contributed by atoms with E-state index in [-0.39, 0.29) is 17.3 Å². The fraction of sp³-hybridized carbons (Fsp3) is 0.348. The van der Waals surface area contributed by atoms with E-state index in [1.165, 1.54) is 0 Å². The molecule has 3 aromatic rings. The van der Waals surface area contributed by atoms with Gasteiger partial charge in [-0.15, -0.1) is 0 Å². The maximum atomic E-state index is 13.4. The second-order valence-electron chi connectivity index (χ2n) is 8.16. The maximum absolute atomic E-state index is 13.4. The second-order valence-corrected chi connectivity index (χ2v) is 9.07. The summed E-state index contributed by atoms with van der Waals surface area (Å²) in [6.45, 7) is 5.82. The molecule has 2 aromatic carbocycles. The Morgan fingerprint density at radius 2 is 1.93 bits per heavy atom. The molecule has 1 aliphatic carbocycles. The number of H-pyrrole nitrogens is 1. The van der Waals surface area contributed by atoms with Crippen molar-refractivity contribution in [3.8, 4) is 5.75 Å². The van der Waals surface area contributed by atoms with Crippen molar-refractivity contribution in [1.29, 1.82) is 0 Å². The lowest BCUT2D eigenvalue weighted by molar-refractivity contribution is 0.0255. The molecule has 5 rings (SSSR count). The summed E-state index contributed by atoms with van der Waals surface area (Å²) in [5.74, 6) is 0.907. The van der Waals surface area contributed by atoms with Gasteiger partial charge in [0.15, 0.2) is 5.78 Å². The number of rotatable bonds is 2. The Kier molecular flexibility index (Phi) is 4.14. The van der Waals surface area contributed by atoms with Gasteiger partial charge in [0.25, 0.3) is 0 Å². The summed E-state index contributed by atoms with van der Waals surface area (Å²) in [7, 11) is 0. The van der Waals surface area contributed by atoms with Crippen LogP contribution in [0.3, 0.4) is 0 Å². The number of carbonyl (C=O) groups excluding carboxylic acids is 1. The molecular weight excluding hydrogens is 418 g/mol. The monoisotopic (exact) mass is 439 g/mol. The average Bonchev–Trinajstić information content (AvgIpc) is 3.07. The molecule has 2 aliphatic rings. The molecule has 1 saturated heterocycles. The number of carbonyl (C=O) groups is 1. The number of ether oxygens (including phenoxy) is 2. The van der Waals surface area contributed by atoms with Crippen LogP contribution >= 0.6 is 15.9 Å². The molecule has 4 nitrogen and oxygen atoms in total. The van der Waals surface area contributed by atoms with Gasteiger partial charge >= 0.3 is 0 Å². The molecule has 0 atom stereocenters. The largest absolute Gasteiger partial charge is 0.490 e. The van der Waals surface area contributed by atoms with Crippen molar-refractivity contribution in [3.63, 3.8) is 0 Å². The van der Waals surface area contributed by atoms with Gasteiger partial charge in [0.2, 0.25) is 0 Å². The Labute approximate surface area is 172 Å². The van der Waals surface area contributed by atoms with Crippen LogP contribution in [0, 0.1) is 0 Å². The average molecular weight is 440 g/mol. The number of aromatic nitrogens is 1. The summed E-state index contributed by atoms with van der Waals surface area (Å²) in [4.78, 5) is 16.9. The number of fused-ring (bicyclic) bond motifs is 4. The molecule has 1 aliphatic heterocycles. The van der Waals surface area contributed by atoms with E-state index >= 15 is 0 Å². The van der Waals surface area contributed by atoms with Crippen LogP contribution in [0.2, 0.25) is 0 Å². The molecule has 1 N–H and O–H groups in total. The van der Waals surface area contributed by atoms with Gasteiger partial charge in [-0.05, 0) is 35.9 Å². The Morgan fingerprint density at radius 3 is 2.71 bits per heavy atom. The Hall–Kier alpha value is -2.11. The second kappa shape index (κ2) is 6.46. The third kappa shape index (κ3) is 2.72. The van der Waals surface area contributed by atoms with Gasteiger partial charge in [0.1, 0.15) is 11.9 Å². The van der Waals surface area contributed by atoms with Crippen LogP contribution < -0.4 is 4.74 Å². The fourth-order valence-corrected chi connectivity index (χ4v) is 4.80. The van der Waals surface area contributed by atoms with Crippen LogP contribution in [-0.4, -0.2) is 30.1 Å². The SMILES string of the molecule is CC1(C)c2cc(OC3CCOCC3)ccc2C(=O)c2c1[nH]c1cc(Br)ccc21. The van der Waals surface area contributed by atoms with Crippen molar-refractivity contribution in [3.05, 3.63) is 63.3 Å². The highest BCUT2D eigenvalue weighted by Crippen LogP contribution is 2.45. The predicted molar refractivity (Wildman–Crippen MR) is 112 cm³/mol. The summed E-state index contributed by atoms with van der Waals surface area (Å²) in [6, 6.07) is 11.9. The molecule has 0 spiro atoms. The van der Waals surface area contributed by atoms with Crippen molar-refractivity contribution < 1.29 is 14.3 Å². The predicted octanol–water partition coefficient (Wildman–Crippen LogP) is 5.36. The maximum Gasteiger partial charge on any atom is 0.195 e. The van der Waals surface area contributed by atoms with E-state index in [9.17, 15) is 4.79 Å². The summed E-state index contributed by atoms with van der Waals surface area (Å²) in [6.07, 6.45) is 1.98. The molecule has 0 bridgehead atoms. The zero-order chi connectivity index (χ0) is 19.5. The summed E-state index contributed by atoms with van der Waals surface area (Å²) >= 11 is 3.52. The van der Waals surface area contributed by atoms with Crippen LogP contribution in [-0.2, 0) is 10.2 Å². The van der Waals surface area contributed by atoms with Gasteiger partial charge in [0, 0.05) is 44.9 Å². The number of ketones is 1. The van der Waals surface area contributed by atoms with Gasteiger partial charge in [-0.1, -0.05) is 35.8 Å². The van der Waals surface area contributed by atoms with Crippen molar-refractivity contribution in [2.24, 2.45) is 0 Å². The van der Waals surface area contributed by atoms with E-state index in [2.05, 4.69) is 34.8 Å². The van der Waals surface area contributed by atoms with E-state index in [1.54, 1.807) is 0 Å². The van der Waals surface area contributed by atoms with Gasteiger partial charge in [-0.25, -0.2) is 0 Å². The molecule has 0 radical (unpaired) electrons. The third-order valence-corrected chi connectivity index (χ3v) is 6.49. The number of halogens is 1. The highest BCUT2D eigenvalue weighted by Gasteiger charge is 2.40. The van der Waals surface area contributed by atoms with Gasteiger partial charge < -0.3 is 14.5 Å². The smallest absolute Gasteiger partial charge is 0.195 e. The fourth-order valence-electron chi connectivity index (χ4n) is 4.44. The quantitative estimate of drug-likeness (QED) is 0.584. The van der Waals surface area contributed by atoms with Crippen LogP contribution in [0.15, 0.2) is 40.9 Å². The number of hydrogen-bond acceptors (Lipinski definition) is 3. The minimum atomic E-state index is -0.320. The molecule has 0 saturated carbocycles. The standard InChI is InChI=1S/C23H22BrNO3/c1-23(2)18-12-15(28-14-7-9-27-10-8-14)4-6-16(18)21(26)20-17-5-3-13(24)11-19(17)25-22(20)23/h3-6,11-12,14,25H,7-10H2,1-2H3. The molecular formula is C23H22BrNO3. The van der Waals surface area contributed by atoms with E-state index < -0.39 is 0 Å². The lowest BCUT2D eigenvalue weighted by Gasteiger charge is -2.33. The molecule has 0 amide bonds. The lowest BCUT2D eigenvalue weighted by Crippen LogP contribution is -2.31. The van der Waals surface area contributed by atoms with Crippen LogP contribution in [0.4, 0.5) is 0 Å². The molecule has 28 heavy (non-hydrogen) atoms. The molecule has 1 fully saturated rings. The van der Waals surface area contributed by atoms with Crippen LogP contribution in [0.1, 0.15) is 53.9 Å². The first-order chi connectivity index (χ1) is 13.4. The molecule has 2 heterocycles. The first-order valence-corrected chi connectivity index (χ1v) is 10.5. The normalized spacial score (nSPS) is 18.8. The first kappa shape index (κ1) is 18.0. The lowest BCUT2D eigenvalue weighted by atomic mass is 9.71. The zero-order valence-electron chi connectivity index (χ0n) is 16.0. The Bertz CT molecular complexity index is 1090. The van der Waals surface area contributed by atoms with Crippen molar-refractivity contribution in [2.75, 3.05) is 13.2 Å². The van der Waals surface area contributed by atoms with E-state index in [1.807, 2.05) is 36.4 Å².